The van der Waals surface area contributed by atoms with Gasteiger partial charge in [-0.25, -0.2) is 0 Å². The Morgan fingerprint density at radius 3 is 2.22 bits per heavy atom. The van der Waals surface area contributed by atoms with Crippen molar-refractivity contribution in [2.45, 2.75) is 19.3 Å². The summed E-state index contributed by atoms with van der Waals surface area (Å²) in [7, 11) is 0. The number of amides is 2. The van der Waals surface area contributed by atoms with Crippen LogP contribution in [-0.4, -0.2) is 17.8 Å². The van der Waals surface area contributed by atoms with E-state index in [0.29, 0.717) is 10.6 Å². The number of carboxylic acids is 1. The highest BCUT2D eigenvalue weighted by Gasteiger charge is 2.51. The molecule has 2 aliphatic rings. The molecule has 122 valence electrons. The van der Waals surface area contributed by atoms with Crippen LogP contribution in [0.25, 0.3) is 0 Å². The average Bonchev–Trinajstić information content (AvgIpc) is 3.13. The van der Waals surface area contributed by atoms with Crippen molar-refractivity contribution in [2.75, 3.05) is 0 Å². The average molecular weight is 336 g/mol. The van der Waals surface area contributed by atoms with Crippen LogP contribution in [0.4, 0.5) is 0 Å². The number of hydrogen-bond donors (Lipinski definition) is 2. The predicted octanol–water partition coefficient (Wildman–Crippen LogP) is 0.513. The highest BCUT2D eigenvalue weighted by molar-refractivity contribution is 6.30. The number of carboxylic acid groups (broad SMARTS) is 1. The lowest BCUT2D eigenvalue weighted by Gasteiger charge is -2.30. The number of hydrazine groups is 1. The second-order valence-corrected chi connectivity index (χ2v) is 6.59. The third-order valence-corrected chi connectivity index (χ3v) is 5.15. The van der Waals surface area contributed by atoms with Crippen molar-refractivity contribution in [3.63, 3.8) is 0 Å². The normalized spacial score (nSPS) is 28.4. The Bertz CT molecular complexity index is 646. The SMILES string of the molecule is O=C(NNC(=O)[C@@H]1[C@H]2CC[C@@H](C2)[C@@H]1C(=O)[O-])c1ccc(Cl)cc1. The topological polar surface area (TPSA) is 98.3 Å². The molecule has 2 saturated carbocycles. The summed E-state index contributed by atoms with van der Waals surface area (Å²) >= 11 is 5.75. The molecule has 0 unspecified atom stereocenters. The number of benzene rings is 1. The molecule has 2 fully saturated rings. The highest BCUT2D eigenvalue weighted by Crippen LogP contribution is 2.52. The first-order valence-corrected chi connectivity index (χ1v) is 7.92. The Hall–Kier alpha value is -2.08. The van der Waals surface area contributed by atoms with Crippen LogP contribution >= 0.6 is 11.6 Å². The predicted molar refractivity (Wildman–Crippen MR) is 79.9 cm³/mol. The molecule has 0 aromatic heterocycles. The third kappa shape index (κ3) is 3.03. The van der Waals surface area contributed by atoms with Crippen molar-refractivity contribution in [3.8, 4) is 0 Å². The molecular weight excluding hydrogens is 320 g/mol. The number of carbonyl (C=O) groups is 3. The first kappa shape index (κ1) is 15.8. The fraction of sp³-hybridized carbons (Fsp3) is 0.438. The van der Waals surface area contributed by atoms with E-state index in [2.05, 4.69) is 10.9 Å². The smallest absolute Gasteiger partial charge is 0.269 e. The number of rotatable bonds is 3. The number of carbonyl (C=O) groups excluding carboxylic acids is 3. The standard InChI is InChI=1S/C16H17ClN2O4/c17-11-5-3-8(4-6-11)14(20)18-19-15(21)12-9-1-2-10(7-9)13(12)16(22)23/h3-6,9-10,12-13H,1-2,7H2,(H,18,20)(H,19,21)(H,22,23)/p-1/t9-,10-,12+,13-/m0/s1. The van der Waals surface area contributed by atoms with Gasteiger partial charge in [0, 0.05) is 22.5 Å². The van der Waals surface area contributed by atoms with Crippen LogP contribution in [0.5, 0.6) is 0 Å². The zero-order chi connectivity index (χ0) is 16.6. The van der Waals surface area contributed by atoms with E-state index in [1.807, 2.05) is 0 Å². The molecule has 0 aliphatic heterocycles. The molecule has 23 heavy (non-hydrogen) atoms. The van der Waals surface area contributed by atoms with Gasteiger partial charge in [0.1, 0.15) is 0 Å². The van der Waals surface area contributed by atoms with E-state index in [9.17, 15) is 19.5 Å². The Labute approximate surface area is 138 Å². The van der Waals surface area contributed by atoms with E-state index < -0.39 is 29.6 Å². The van der Waals surface area contributed by atoms with Crippen LogP contribution in [-0.2, 0) is 9.59 Å². The fourth-order valence-corrected chi connectivity index (χ4v) is 4.01. The van der Waals surface area contributed by atoms with Crippen LogP contribution in [0.15, 0.2) is 24.3 Å². The summed E-state index contributed by atoms with van der Waals surface area (Å²) in [6, 6.07) is 6.21. The van der Waals surface area contributed by atoms with Gasteiger partial charge in [-0.15, -0.1) is 0 Å². The van der Waals surface area contributed by atoms with Crippen molar-refractivity contribution in [3.05, 3.63) is 34.9 Å². The van der Waals surface area contributed by atoms with Gasteiger partial charge in [-0.05, 0) is 55.4 Å². The van der Waals surface area contributed by atoms with E-state index in [-0.39, 0.29) is 11.8 Å². The zero-order valence-corrected chi connectivity index (χ0v) is 13.0. The molecule has 4 atom stereocenters. The number of halogens is 1. The maximum Gasteiger partial charge on any atom is 0.269 e. The van der Waals surface area contributed by atoms with Crippen LogP contribution in [0, 0.1) is 23.7 Å². The van der Waals surface area contributed by atoms with Gasteiger partial charge in [0.2, 0.25) is 5.91 Å². The van der Waals surface area contributed by atoms with Gasteiger partial charge >= 0.3 is 0 Å². The quantitative estimate of drug-likeness (QED) is 0.786. The molecule has 2 N–H and O–H groups in total. The Balaban J connectivity index is 1.62. The molecule has 0 saturated heterocycles. The molecule has 0 spiro atoms. The van der Waals surface area contributed by atoms with E-state index in [0.717, 1.165) is 19.3 Å². The first-order chi connectivity index (χ1) is 11.0. The molecule has 1 aromatic carbocycles. The fourth-order valence-electron chi connectivity index (χ4n) is 3.88. The molecule has 2 bridgehead atoms. The van der Waals surface area contributed by atoms with Gasteiger partial charge < -0.3 is 9.90 Å². The first-order valence-electron chi connectivity index (χ1n) is 7.54. The Morgan fingerprint density at radius 1 is 1.00 bits per heavy atom. The second-order valence-electron chi connectivity index (χ2n) is 6.15. The van der Waals surface area contributed by atoms with Gasteiger partial charge in [0.25, 0.3) is 5.91 Å². The number of fused-ring (bicyclic) bond motifs is 2. The number of aliphatic carboxylic acids is 1. The number of hydrogen-bond acceptors (Lipinski definition) is 4. The van der Waals surface area contributed by atoms with Crippen LogP contribution in [0.2, 0.25) is 5.02 Å². The summed E-state index contributed by atoms with van der Waals surface area (Å²) in [5.41, 5.74) is 5.01. The summed E-state index contributed by atoms with van der Waals surface area (Å²) in [6.07, 6.45) is 2.41. The van der Waals surface area contributed by atoms with Crippen molar-refractivity contribution >= 4 is 29.4 Å². The van der Waals surface area contributed by atoms with Gasteiger partial charge in [-0.2, -0.15) is 0 Å². The number of nitrogens with one attached hydrogen (secondary N) is 2. The second kappa shape index (κ2) is 6.20. The van der Waals surface area contributed by atoms with Crippen LogP contribution in [0.1, 0.15) is 29.6 Å². The molecule has 1 aromatic rings. The molecular formula is C16H16ClN2O4-. The third-order valence-electron chi connectivity index (χ3n) is 4.90. The van der Waals surface area contributed by atoms with Gasteiger partial charge in [-0.3, -0.25) is 20.4 Å². The zero-order valence-electron chi connectivity index (χ0n) is 12.3. The van der Waals surface area contributed by atoms with E-state index in [1.165, 1.54) is 12.1 Å². The van der Waals surface area contributed by atoms with Gasteiger partial charge in [-0.1, -0.05) is 11.6 Å². The molecule has 2 amide bonds. The summed E-state index contributed by atoms with van der Waals surface area (Å²) in [5.74, 6) is -3.47. The van der Waals surface area contributed by atoms with E-state index in [4.69, 9.17) is 11.6 Å². The van der Waals surface area contributed by atoms with Crippen molar-refractivity contribution < 1.29 is 19.5 Å². The summed E-state index contributed by atoms with van der Waals surface area (Å²) in [4.78, 5) is 35.6. The molecule has 2 aliphatic carbocycles. The van der Waals surface area contributed by atoms with Crippen LogP contribution in [0.3, 0.4) is 0 Å². The van der Waals surface area contributed by atoms with Crippen molar-refractivity contribution in [1.82, 2.24) is 10.9 Å². The minimum atomic E-state index is -1.18. The Kier molecular flexibility index (Phi) is 4.26. The van der Waals surface area contributed by atoms with Crippen molar-refractivity contribution in [1.29, 1.82) is 0 Å². The lowest BCUT2D eigenvalue weighted by Crippen LogP contribution is -2.50. The van der Waals surface area contributed by atoms with Gasteiger partial charge in [0.05, 0.1) is 5.92 Å². The molecule has 0 heterocycles. The molecule has 6 nitrogen and oxygen atoms in total. The summed E-state index contributed by atoms with van der Waals surface area (Å²) in [5, 5.41) is 11.8. The molecule has 7 heteroatoms. The van der Waals surface area contributed by atoms with Crippen LogP contribution < -0.4 is 16.0 Å². The minimum Gasteiger partial charge on any atom is -0.550 e. The van der Waals surface area contributed by atoms with Crippen molar-refractivity contribution in [2.24, 2.45) is 23.7 Å². The molecule has 3 rings (SSSR count). The maximum atomic E-state index is 12.3. The summed E-state index contributed by atoms with van der Waals surface area (Å²) in [6.45, 7) is 0. The summed E-state index contributed by atoms with van der Waals surface area (Å²) < 4.78 is 0. The highest BCUT2D eigenvalue weighted by atomic mass is 35.5. The maximum absolute atomic E-state index is 12.3. The van der Waals surface area contributed by atoms with Gasteiger partial charge in [0.15, 0.2) is 0 Å². The lowest BCUT2D eigenvalue weighted by atomic mass is 9.79. The largest absolute Gasteiger partial charge is 0.550 e. The minimum absolute atomic E-state index is 0.00715. The van der Waals surface area contributed by atoms with E-state index >= 15 is 0 Å². The van der Waals surface area contributed by atoms with E-state index in [1.54, 1.807) is 12.1 Å². The monoisotopic (exact) mass is 335 g/mol. The molecule has 0 radical (unpaired) electrons. The Morgan fingerprint density at radius 2 is 1.61 bits per heavy atom. The lowest BCUT2D eigenvalue weighted by molar-refractivity contribution is -0.314.